The molecule has 0 amide bonds. The van der Waals surface area contributed by atoms with Gasteiger partial charge in [0.2, 0.25) is 0 Å². The SMILES string of the molecule is Fc1nc(Oc2ccccc2)c(F)c(C(F)(C(F)(F)F)C(F)(F)F)c1F. The summed E-state index contributed by atoms with van der Waals surface area (Å²) in [6.07, 6.45) is -13.7. The lowest BCUT2D eigenvalue weighted by atomic mass is 9.94. The average molecular weight is 393 g/mol. The first-order chi connectivity index (χ1) is 11.8. The van der Waals surface area contributed by atoms with Crippen LogP contribution in [0.4, 0.5) is 43.9 Å². The van der Waals surface area contributed by atoms with Crippen molar-refractivity contribution < 1.29 is 48.6 Å². The van der Waals surface area contributed by atoms with Gasteiger partial charge in [-0.2, -0.15) is 35.7 Å². The molecule has 0 saturated heterocycles. The van der Waals surface area contributed by atoms with Crippen LogP contribution < -0.4 is 4.74 Å². The molecule has 12 heteroatoms. The molecule has 1 aromatic heterocycles. The Morgan fingerprint density at radius 2 is 1.23 bits per heavy atom. The molecule has 0 spiro atoms. The molecule has 0 atom stereocenters. The van der Waals surface area contributed by atoms with E-state index in [9.17, 15) is 43.9 Å². The van der Waals surface area contributed by atoms with Gasteiger partial charge in [0.25, 0.3) is 11.8 Å². The number of ether oxygens (including phenoxy) is 1. The maximum absolute atomic E-state index is 14.1. The van der Waals surface area contributed by atoms with Gasteiger partial charge >= 0.3 is 18.0 Å². The van der Waals surface area contributed by atoms with E-state index < -0.39 is 47.0 Å². The summed E-state index contributed by atoms with van der Waals surface area (Å²) in [5.74, 6) is -10.7. The van der Waals surface area contributed by atoms with E-state index in [1.54, 1.807) is 0 Å². The molecule has 0 unspecified atom stereocenters. The summed E-state index contributed by atoms with van der Waals surface area (Å²) in [5, 5.41) is 0. The molecule has 142 valence electrons. The molecule has 26 heavy (non-hydrogen) atoms. The predicted octanol–water partition coefficient (Wildman–Crippen LogP) is 5.58. The van der Waals surface area contributed by atoms with E-state index in [1.165, 1.54) is 18.2 Å². The second-order valence-corrected chi connectivity index (χ2v) is 4.78. The minimum Gasteiger partial charge on any atom is -0.436 e. The Morgan fingerprint density at radius 3 is 1.69 bits per heavy atom. The van der Waals surface area contributed by atoms with Crippen molar-refractivity contribution in [1.29, 1.82) is 0 Å². The van der Waals surface area contributed by atoms with Gasteiger partial charge in [-0.25, -0.2) is 13.2 Å². The van der Waals surface area contributed by atoms with E-state index in [1.807, 2.05) is 0 Å². The first-order valence-electron chi connectivity index (χ1n) is 6.41. The third-order valence-corrected chi connectivity index (χ3v) is 3.09. The van der Waals surface area contributed by atoms with Gasteiger partial charge in [-0.3, -0.25) is 0 Å². The maximum atomic E-state index is 14.1. The van der Waals surface area contributed by atoms with Crippen LogP contribution in [-0.4, -0.2) is 17.3 Å². The van der Waals surface area contributed by atoms with E-state index in [4.69, 9.17) is 0 Å². The number of halogens is 10. The molecule has 0 radical (unpaired) electrons. The number of aromatic nitrogens is 1. The highest BCUT2D eigenvalue weighted by Crippen LogP contribution is 2.55. The van der Waals surface area contributed by atoms with Crippen LogP contribution in [0.3, 0.4) is 0 Å². The lowest BCUT2D eigenvalue weighted by Gasteiger charge is -2.30. The lowest BCUT2D eigenvalue weighted by Crippen LogP contribution is -2.51. The summed E-state index contributed by atoms with van der Waals surface area (Å²) in [5.41, 5.74) is -9.79. The summed E-state index contributed by atoms with van der Waals surface area (Å²) >= 11 is 0. The van der Waals surface area contributed by atoms with Crippen molar-refractivity contribution in [1.82, 2.24) is 4.98 Å². The van der Waals surface area contributed by atoms with Crippen LogP contribution in [0.5, 0.6) is 11.6 Å². The maximum Gasteiger partial charge on any atom is 0.436 e. The Labute approximate surface area is 138 Å². The van der Waals surface area contributed by atoms with Gasteiger partial charge in [-0.05, 0) is 12.1 Å². The number of para-hydroxylation sites is 1. The van der Waals surface area contributed by atoms with Crippen LogP contribution in [0.1, 0.15) is 5.56 Å². The Morgan fingerprint density at radius 1 is 0.731 bits per heavy atom. The van der Waals surface area contributed by atoms with E-state index in [0.717, 1.165) is 12.1 Å². The summed E-state index contributed by atoms with van der Waals surface area (Å²) in [7, 11) is 0. The minimum atomic E-state index is -6.86. The molecule has 1 heterocycles. The van der Waals surface area contributed by atoms with Crippen molar-refractivity contribution in [3.05, 3.63) is 53.5 Å². The number of pyridine rings is 1. The smallest absolute Gasteiger partial charge is 0.436 e. The van der Waals surface area contributed by atoms with Gasteiger partial charge in [-0.1, -0.05) is 18.2 Å². The van der Waals surface area contributed by atoms with Crippen molar-refractivity contribution in [2.24, 2.45) is 0 Å². The number of nitrogens with zero attached hydrogens (tertiary/aromatic N) is 1. The summed E-state index contributed by atoms with van der Waals surface area (Å²) in [6.45, 7) is 0. The number of benzene rings is 1. The molecule has 0 bridgehead atoms. The molecule has 0 N–H and O–H groups in total. The second-order valence-electron chi connectivity index (χ2n) is 4.78. The van der Waals surface area contributed by atoms with Crippen molar-refractivity contribution in [3.63, 3.8) is 0 Å². The van der Waals surface area contributed by atoms with Crippen LogP contribution in [0, 0.1) is 17.6 Å². The van der Waals surface area contributed by atoms with Crippen LogP contribution in [0.2, 0.25) is 0 Å². The van der Waals surface area contributed by atoms with E-state index in [-0.39, 0.29) is 5.75 Å². The molecule has 0 fully saturated rings. The van der Waals surface area contributed by atoms with Crippen molar-refractivity contribution in [2.75, 3.05) is 0 Å². The molecule has 2 rings (SSSR count). The monoisotopic (exact) mass is 393 g/mol. The number of alkyl halides is 7. The van der Waals surface area contributed by atoms with Gasteiger partial charge in [-0.15, -0.1) is 0 Å². The fourth-order valence-corrected chi connectivity index (χ4v) is 1.91. The Bertz CT molecular complexity index is 786. The zero-order valence-electron chi connectivity index (χ0n) is 12.0. The molecule has 1 aromatic carbocycles. The number of hydrogen-bond acceptors (Lipinski definition) is 2. The zero-order chi connectivity index (χ0) is 19.9. The lowest BCUT2D eigenvalue weighted by molar-refractivity contribution is -0.350. The topological polar surface area (TPSA) is 22.1 Å². The second kappa shape index (κ2) is 6.32. The Hall–Kier alpha value is -2.53. The fourth-order valence-electron chi connectivity index (χ4n) is 1.91. The highest BCUT2D eigenvalue weighted by atomic mass is 19.4. The molecule has 0 aliphatic heterocycles. The number of rotatable bonds is 3. The average Bonchev–Trinajstić information content (AvgIpc) is 2.51. The van der Waals surface area contributed by atoms with Crippen LogP contribution >= 0.6 is 0 Å². The Kier molecular flexibility index (Phi) is 4.81. The standard InChI is InChI=1S/C14H5F10NO/c15-8-7(12(18,13(19,20)21)14(22,23)24)9(16)11(25-10(8)17)26-6-4-2-1-3-5-6/h1-5H. The third kappa shape index (κ3) is 3.15. The van der Waals surface area contributed by atoms with Crippen LogP contribution in [0.15, 0.2) is 30.3 Å². The van der Waals surface area contributed by atoms with E-state index in [0.29, 0.717) is 0 Å². The number of hydrogen-bond donors (Lipinski definition) is 0. The molecule has 2 aromatic rings. The van der Waals surface area contributed by atoms with Crippen molar-refractivity contribution in [2.45, 2.75) is 18.0 Å². The quantitative estimate of drug-likeness (QED) is 0.502. The van der Waals surface area contributed by atoms with E-state index in [2.05, 4.69) is 9.72 Å². The molecule has 0 aliphatic carbocycles. The van der Waals surface area contributed by atoms with Gasteiger partial charge in [0.15, 0.2) is 11.6 Å². The molecule has 0 aliphatic rings. The highest BCUT2D eigenvalue weighted by molar-refractivity contribution is 5.36. The van der Waals surface area contributed by atoms with Gasteiger partial charge in [0.05, 0.1) is 5.56 Å². The van der Waals surface area contributed by atoms with Crippen LogP contribution in [-0.2, 0) is 5.67 Å². The Balaban J connectivity index is 2.76. The van der Waals surface area contributed by atoms with Crippen molar-refractivity contribution >= 4 is 0 Å². The summed E-state index contributed by atoms with van der Waals surface area (Å²) in [4.78, 5) is 2.47. The third-order valence-electron chi connectivity index (χ3n) is 3.09. The first-order valence-corrected chi connectivity index (χ1v) is 6.41. The van der Waals surface area contributed by atoms with Gasteiger partial charge in [0.1, 0.15) is 5.75 Å². The molecular weight excluding hydrogens is 388 g/mol. The minimum absolute atomic E-state index is 0.390. The van der Waals surface area contributed by atoms with Crippen LogP contribution in [0.25, 0.3) is 0 Å². The van der Waals surface area contributed by atoms with Crippen molar-refractivity contribution in [3.8, 4) is 11.6 Å². The fraction of sp³-hybridized carbons (Fsp3) is 0.214. The molecular formula is C14H5F10NO. The normalized spacial score (nSPS) is 13.0. The highest BCUT2D eigenvalue weighted by Gasteiger charge is 2.76. The van der Waals surface area contributed by atoms with Gasteiger partial charge < -0.3 is 4.74 Å². The summed E-state index contributed by atoms with van der Waals surface area (Å²) < 4.78 is 136. The van der Waals surface area contributed by atoms with E-state index >= 15 is 0 Å². The van der Waals surface area contributed by atoms with Gasteiger partial charge in [0, 0.05) is 0 Å². The largest absolute Gasteiger partial charge is 0.436 e. The first kappa shape index (κ1) is 19.8. The summed E-state index contributed by atoms with van der Waals surface area (Å²) in [6, 6.07) is 6.04. The zero-order valence-corrected chi connectivity index (χ0v) is 12.0. The predicted molar refractivity (Wildman–Crippen MR) is 65.5 cm³/mol. The molecule has 0 saturated carbocycles. The molecule has 2 nitrogen and oxygen atoms in total.